The molecule has 2 saturated heterocycles. The zero-order chi connectivity index (χ0) is 23.7. The van der Waals surface area contributed by atoms with Crippen LogP contribution < -0.4 is 0 Å². The summed E-state index contributed by atoms with van der Waals surface area (Å²) in [5, 5.41) is -0.543. The lowest BCUT2D eigenvalue weighted by atomic mass is 10.1. The van der Waals surface area contributed by atoms with E-state index in [2.05, 4.69) is 0 Å². The number of halogens is 2. The van der Waals surface area contributed by atoms with Crippen LogP contribution in [0, 0.1) is 11.6 Å². The maximum absolute atomic E-state index is 14.0. The number of hydrogen-bond acceptors (Lipinski definition) is 5. The molecule has 2 aliphatic heterocycles. The Balaban J connectivity index is 1.51. The summed E-state index contributed by atoms with van der Waals surface area (Å²) in [5.41, 5.74) is 1.10. The third-order valence-corrected chi connectivity index (χ3v) is 6.26. The largest absolute Gasteiger partial charge is 0.372 e. The first-order valence-electron chi connectivity index (χ1n) is 10.5. The predicted molar refractivity (Wildman–Crippen MR) is 120 cm³/mol. The first-order chi connectivity index (χ1) is 15.7. The SMILES string of the molecule is C[C@@H]1CN(C(=O)c2cccc(/C=C3\SC(=O)N(Cc4ccc(F)cc4F)C3=O)c2)C[C@@H](C)O1. The fraction of sp³-hybridized carbons (Fsp3) is 0.292. The summed E-state index contributed by atoms with van der Waals surface area (Å²) in [7, 11) is 0. The number of thioether (sulfide) groups is 1. The molecule has 2 aromatic rings. The maximum atomic E-state index is 14.0. The minimum Gasteiger partial charge on any atom is -0.372 e. The summed E-state index contributed by atoms with van der Waals surface area (Å²) in [4.78, 5) is 40.9. The van der Waals surface area contributed by atoms with Gasteiger partial charge in [0.1, 0.15) is 11.6 Å². The molecule has 0 spiro atoms. The molecule has 172 valence electrons. The number of nitrogens with zero attached hydrogens (tertiary/aromatic N) is 2. The Morgan fingerprint density at radius 2 is 1.85 bits per heavy atom. The van der Waals surface area contributed by atoms with Gasteiger partial charge in [0.25, 0.3) is 17.1 Å². The summed E-state index contributed by atoms with van der Waals surface area (Å²) in [6.07, 6.45) is 1.42. The summed E-state index contributed by atoms with van der Waals surface area (Å²) < 4.78 is 32.8. The Morgan fingerprint density at radius 3 is 2.55 bits per heavy atom. The van der Waals surface area contributed by atoms with Gasteiger partial charge < -0.3 is 9.64 Å². The van der Waals surface area contributed by atoms with Gasteiger partial charge in [-0.3, -0.25) is 19.3 Å². The second kappa shape index (κ2) is 9.44. The van der Waals surface area contributed by atoms with Crippen LogP contribution in [0.25, 0.3) is 6.08 Å². The monoisotopic (exact) mass is 472 g/mol. The van der Waals surface area contributed by atoms with Gasteiger partial charge in [-0.15, -0.1) is 0 Å². The van der Waals surface area contributed by atoms with Crippen molar-refractivity contribution in [2.75, 3.05) is 13.1 Å². The average molecular weight is 473 g/mol. The number of imide groups is 1. The number of carbonyl (C=O) groups is 3. The predicted octanol–water partition coefficient (Wildman–Crippen LogP) is 4.45. The van der Waals surface area contributed by atoms with Crippen molar-refractivity contribution in [2.45, 2.75) is 32.6 Å². The third kappa shape index (κ3) is 5.15. The van der Waals surface area contributed by atoms with Gasteiger partial charge >= 0.3 is 0 Å². The quantitative estimate of drug-likeness (QED) is 0.615. The van der Waals surface area contributed by atoms with Gasteiger partial charge in [0.2, 0.25) is 0 Å². The smallest absolute Gasteiger partial charge is 0.293 e. The molecule has 0 unspecified atom stereocenters. The molecule has 2 aromatic carbocycles. The second-order valence-electron chi connectivity index (χ2n) is 8.10. The normalized spacial score (nSPS) is 22.4. The zero-order valence-electron chi connectivity index (χ0n) is 18.1. The van der Waals surface area contributed by atoms with Crippen molar-refractivity contribution in [3.8, 4) is 0 Å². The topological polar surface area (TPSA) is 66.9 Å². The lowest BCUT2D eigenvalue weighted by Crippen LogP contribution is -2.48. The van der Waals surface area contributed by atoms with Crippen LogP contribution in [-0.4, -0.2) is 52.2 Å². The molecule has 0 radical (unpaired) electrons. The van der Waals surface area contributed by atoms with Crippen LogP contribution in [0.2, 0.25) is 0 Å². The zero-order valence-corrected chi connectivity index (χ0v) is 18.9. The Morgan fingerprint density at radius 1 is 1.12 bits per heavy atom. The lowest BCUT2D eigenvalue weighted by molar-refractivity contribution is -0.123. The second-order valence-corrected chi connectivity index (χ2v) is 9.09. The van der Waals surface area contributed by atoms with E-state index in [4.69, 9.17) is 4.74 Å². The summed E-state index contributed by atoms with van der Waals surface area (Å²) >= 11 is 0.738. The van der Waals surface area contributed by atoms with Crippen molar-refractivity contribution in [3.05, 3.63) is 75.7 Å². The number of amides is 3. The van der Waals surface area contributed by atoms with Crippen LogP contribution in [0.5, 0.6) is 0 Å². The molecule has 0 aliphatic carbocycles. The number of benzene rings is 2. The van der Waals surface area contributed by atoms with Gasteiger partial charge in [0.15, 0.2) is 0 Å². The number of ether oxygens (including phenoxy) is 1. The Hall–Kier alpha value is -3.04. The van der Waals surface area contributed by atoms with E-state index in [1.54, 1.807) is 29.2 Å². The highest BCUT2D eigenvalue weighted by Crippen LogP contribution is 2.33. The van der Waals surface area contributed by atoms with E-state index in [-0.39, 0.29) is 35.1 Å². The molecule has 2 heterocycles. The number of carbonyl (C=O) groups excluding carboxylic acids is 3. The molecule has 0 bridgehead atoms. The van der Waals surface area contributed by atoms with E-state index in [1.807, 2.05) is 13.8 Å². The Labute approximate surface area is 194 Å². The van der Waals surface area contributed by atoms with Crippen LogP contribution in [0.15, 0.2) is 47.4 Å². The molecule has 2 fully saturated rings. The number of rotatable bonds is 4. The average Bonchev–Trinajstić information content (AvgIpc) is 3.01. The van der Waals surface area contributed by atoms with Gasteiger partial charge in [-0.25, -0.2) is 8.78 Å². The van der Waals surface area contributed by atoms with E-state index < -0.39 is 22.8 Å². The van der Waals surface area contributed by atoms with Gasteiger partial charge in [0.05, 0.1) is 23.7 Å². The summed E-state index contributed by atoms with van der Waals surface area (Å²) in [6.45, 7) is 4.53. The van der Waals surface area contributed by atoms with Crippen molar-refractivity contribution < 1.29 is 27.9 Å². The van der Waals surface area contributed by atoms with Crippen LogP contribution in [0.1, 0.15) is 35.3 Å². The summed E-state index contributed by atoms with van der Waals surface area (Å²) in [5.74, 6) is -2.26. The highest BCUT2D eigenvalue weighted by Gasteiger charge is 2.35. The fourth-order valence-corrected chi connectivity index (χ4v) is 4.73. The molecular weight excluding hydrogens is 450 g/mol. The van der Waals surface area contributed by atoms with Gasteiger partial charge in [-0.05, 0) is 55.4 Å². The first kappa shape index (κ1) is 23.1. The molecule has 6 nitrogen and oxygen atoms in total. The minimum atomic E-state index is -0.823. The van der Waals surface area contributed by atoms with Gasteiger partial charge in [-0.1, -0.05) is 18.2 Å². The number of hydrogen-bond donors (Lipinski definition) is 0. The van der Waals surface area contributed by atoms with E-state index in [9.17, 15) is 23.2 Å². The summed E-state index contributed by atoms with van der Waals surface area (Å²) in [6, 6.07) is 9.81. The highest BCUT2D eigenvalue weighted by molar-refractivity contribution is 8.18. The van der Waals surface area contributed by atoms with Gasteiger partial charge in [-0.2, -0.15) is 0 Å². The van der Waals surface area contributed by atoms with E-state index in [0.717, 1.165) is 22.7 Å². The van der Waals surface area contributed by atoms with E-state index >= 15 is 0 Å². The molecule has 33 heavy (non-hydrogen) atoms. The van der Waals surface area contributed by atoms with Crippen molar-refractivity contribution in [1.82, 2.24) is 9.80 Å². The highest BCUT2D eigenvalue weighted by atomic mass is 32.2. The maximum Gasteiger partial charge on any atom is 0.293 e. The van der Waals surface area contributed by atoms with Gasteiger partial charge in [0, 0.05) is 30.3 Å². The Bertz CT molecular complexity index is 1140. The lowest BCUT2D eigenvalue weighted by Gasteiger charge is -2.35. The molecule has 3 amide bonds. The van der Waals surface area contributed by atoms with Crippen LogP contribution in [-0.2, 0) is 16.1 Å². The standard InChI is InChI=1S/C24H22F2N2O4S/c1-14-11-27(12-15(2)32-14)22(29)17-5-3-4-16(8-17)9-21-23(30)28(24(31)33-21)13-18-6-7-19(25)10-20(18)26/h3-10,14-15H,11-13H2,1-2H3/b21-9-/t14-,15-/m1/s1. The molecule has 9 heteroatoms. The third-order valence-electron chi connectivity index (χ3n) is 5.36. The van der Waals surface area contributed by atoms with Crippen LogP contribution in [0.3, 0.4) is 0 Å². The van der Waals surface area contributed by atoms with Crippen molar-refractivity contribution in [1.29, 1.82) is 0 Å². The fourth-order valence-electron chi connectivity index (χ4n) is 3.90. The van der Waals surface area contributed by atoms with Crippen LogP contribution >= 0.6 is 11.8 Å². The molecule has 0 aromatic heterocycles. The van der Waals surface area contributed by atoms with Crippen molar-refractivity contribution in [2.24, 2.45) is 0 Å². The number of morpholine rings is 1. The molecule has 0 N–H and O–H groups in total. The van der Waals surface area contributed by atoms with E-state index in [1.165, 1.54) is 12.1 Å². The van der Waals surface area contributed by atoms with Crippen LogP contribution in [0.4, 0.5) is 13.6 Å². The molecule has 2 aliphatic rings. The molecule has 0 saturated carbocycles. The molecule has 4 rings (SSSR count). The molecular formula is C24H22F2N2O4S. The molecule has 2 atom stereocenters. The van der Waals surface area contributed by atoms with Crippen molar-refractivity contribution in [3.63, 3.8) is 0 Å². The van der Waals surface area contributed by atoms with E-state index in [0.29, 0.717) is 30.3 Å². The van der Waals surface area contributed by atoms with Crippen molar-refractivity contribution >= 4 is 34.9 Å². The Kier molecular flexibility index (Phi) is 6.62. The minimum absolute atomic E-state index is 0.0431. The first-order valence-corrected chi connectivity index (χ1v) is 11.3.